The Hall–Kier alpha value is -5.40. The Labute approximate surface area is 263 Å². The van der Waals surface area contributed by atoms with E-state index in [9.17, 15) is 55.7 Å². The molecule has 4 N–H and O–H groups in total. The molecule has 0 saturated heterocycles. The van der Waals surface area contributed by atoms with Crippen molar-refractivity contribution in [1.82, 2.24) is 0 Å². The van der Waals surface area contributed by atoms with Crippen molar-refractivity contribution < 1.29 is 55.7 Å². The predicted molar refractivity (Wildman–Crippen MR) is 161 cm³/mol. The van der Waals surface area contributed by atoms with E-state index in [-0.39, 0.29) is 22.2 Å². The number of anilines is 2. The monoisotopic (exact) mass is 660 g/mol. The van der Waals surface area contributed by atoms with Crippen LogP contribution in [0.2, 0.25) is 0 Å². The third-order valence-corrected chi connectivity index (χ3v) is 7.95. The second kappa shape index (κ2) is 12.1. The van der Waals surface area contributed by atoms with Crippen LogP contribution in [0.3, 0.4) is 0 Å². The van der Waals surface area contributed by atoms with Crippen LogP contribution in [0.5, 0.6) is 0 Å². The van der Waals surface area contributed by atoms with Gasteiger partial charge in [0.05, 0.1) is 11.1 Å². The van der Waals surface area contributed by atoms with Gasteiger partial charge in [0.1, 0.15) is 0 Å². The number of aryl methyl sites for hydroxylation is 2. The average Bonchev–Trinajstić information content (AvgIpc) is 2.96. The standard InChI is InChI=1S/C33H26F6N2O6/c1-15-5-7-18(13-24(15)40-4)31(32(34,35)36,33(37,38)39)19-8-6-16(2)25(14-19)41-28(43)21-10-9-20(17(3)42)26-22(29(44)45)11-12-23(27(21)26)30(46)47/h5-14,40H,1-4H3,(H,41,43)(H,44,45)(H,46,47). The van der Waals surface area contributed by atoms with Crippen LogP contribution in [-0.4, -0.2) is 53.2 Å². The third kappa shape index (κ3) is 5.75. The largest absolute Gasteiger partial charge is 0.478 e. The van der Waals surface area contributed by atoms with Crippen molar-refractivity contribution in [3.63, 3.8) is 0 Å². The van der Waals surface area contributed by atoms with E-state index >= 15 is 0 Å². The fraction of sp³-hybridized carbons (Fsp3) is 0.212. The number of carboxylic acids is 2. The van der Waals surface area contributed by atoms with Crippen molar-refractivity contribution in [3.05, 3.63) is 105 Å². The Morgan fingerprint density at radius 2 is 1.02 bits per heavy atom. The van der Waals surface area contributed by atoms with Gasteiger partial charge in [-0.1, -0.05) is 24.3 Å². The minimum absolute atomic E-state index is 0.0249. The van der Waals surface area contributed by atoms with Gasteiger partial charge in [0.25, 0.3) is 5.91 Å². The fourth-order valence-electron chi connectivity index (χ4n) is 5.62. The molecule has 14 heteroatoms. The maximum atomic E-state index is 14.9. The zero-order chi connectivity index (χ0) is 35.2. The van der Waals surface area contributed by atoms with Crippen LogP contribution in [0.25, 0.3) is 10.8 Å². The maximum absolute atomic E-state index is 14.9. The number of amides is 1. The molecule has 0 heterocycles. The summed E-state index contributed by atoms with van der Waals surface area (Å²) in [6.07, 6.45) is -11.9. The Balaban J connectivity index is 1.99. The molecule has 0 radical (unpaired) electrons. The summed E-state index contributed by atoms with van der Waals surface area (Å²) in [7, 11) is 1.34. The summed E-state index contributed by atoms with van der Waals surface area (Å²) in [5.74, 6) is -5.00. The van der Waals surface area contributed by atoms with Crippen molar-refractivity contribution in [1.29, 1.82) is 0 Å². The van der Waals surface area contributed by atoms with E-state index in [0.29, 0.717) is 17.7 Å². The first-order chi connectivity index (χ1) is 21.8. The first kappa shape index (κ1) is 34.5. The molecule has 0 aliphatic rings. The number of hydrogen-bond donors (Lipinski definition) is 4. The highest BCUT2D eigenvalue weighted by molar-refractivity contribution is 6.24. The minimum atomic E-state index is -5.93. The molecular weight excluding hydrogens is 634 g/mol. The molecular formula is C33H26F6N2O6. The highest BCUT2D eigenvalue weighted by atomic mass is 19.4. The van der Waals surface area contributed by atoms with Gasteiger partial charge >= 0.3 is 24.3 Å². The van der Waals surface area contributed by atoms with Gasteiger partial charge < -0.3 is 20.8 Å². The zero-order valence-electron chi connectivity index (χ0n) is 25.1. The number of carboxylic acid groups (broad SMARTS) is 2. The lowest BCUT2D eigenvalue weighted by atomic mass is 9.72. The number of Topliss-reactive ketones (excluding diaryl/α,β-unsaturated/α-hetero) is 1. The van der Waals surface area contributed by atoms with Crippen LogP contribution < -0.4 is 10.6 Å². The smallest absolute Gasteiger partial charge is 0.411 e. The predicted octanol–water partition coefficient (Wildman–Crippen LogP) is 7.76. The first-order valence-corrected chi connectivity index (χ1v) is 13.7. The number of halogens is 6. The van der Waals surface area contributed by atoms with Crippen molar-refractivity contribution in [2.75, 3.05) is 17.7 Å². The molecule has 0 aliphatic heterocycles. The van der Waals surface area contributed by atoms with Crippen LogP contribution in [-0.2, 0) is 5.41 Å². The normalized spacial score (nSPS) is 12.1. The Kier molecular flexibility index (Phi) is 8.86. The molecule has 0 fully saturated rings. The van der Waals surface area contributed by atoms with Crippen LogP contribution in [0.15, 0.2) is 60.7 Å². The number of hydrogen-bond acceptors (Lipinski definition) is 5. The van der Waals surface area contributed by atoms with Gasteiger partial charge in [-0.25, -0.2) is 9.59 Å². The summed E-state index contributed by atoms with van der Waals surface area (Å²) in [6, 6.07) is 8.71. The second-order valence-electron chi connectivity index (χ2n) is 10.7. The third-order valence-electron chi connectivity index (χ3n) is 7.95. The van der Waals surface area contributed by atoms with E-state index in [2.05, 4.69) is 10.6 Å². The number of rotatable bonds is 8. The van der Waals surface area contributed by atoms with Crippen molar-refractivity contribution in [3.8, 4) is 0 Å². The molecule has 0 unspecified atom stereocenters. The summed E-state index contributed by atoms with van der Waals surface area (Å²) < 4.78 is 89.3. The topological polar surface area (TPSA) is 133 Å². The highest BCUT2D eigenvalue weighted by Gasteiger charge is 2.72. The number of benzene rings is 4. The number of fused-ring (bicyclic) bond motifs is 1. The van der Waals surface area contributed by atoms with Crippen LogP contribution >= 0.6 is 0 Å². The van der Waals surface area contributed by atoms with Crippen molar-refractivity contribution >= 4 is 45.8 Å². The summed E-state index contributed by atoms with van der Waals surface area (Å²) in [5, 5.41) is 23.6. The molecule has 0 atom stereocenters. The minimum Gasteiger partial charge on any atom is -0.478 e. The molecule has 0 bridgehead atoms. The van der Waals surface area contributed by atoms with E-state index in [0.717, 1.165) is 55.5 Å². The van der Waals surface area contributed by atoms with Gasteiger partial charge in [0.15, 0.2) is 5.78 Å². The van der Waals surface area contributed by atoms with Crippen molar-refractivity contribution in [2.45, 2.75) is 38.5 Å². The lowest BCUT2D eigenvalue weighted by Crippen LogP contribution is -2.54. The van der Waals surface area contributed by atoms with Gasteiger partial charge in [-0.05, 0) is 79.4 Å². The first-order valence-electron chi connectivity index (χ1n) is 13.7. The Morgan fingerprint density at radius 3 is 1.45 bits per heavy atom. The molecule has 0 aromatic heterocycles. The zero-order valence-corrected chi connectivity index (χ0v) is 25.1. The molecule has 4 aromatic carbocycles. The quantitative estimate of drug-likeness (QED) is 0.112. The van der Waals surface area contributed by atoms with Crippen LogP contribution in [0.4, 0.5) is 37.7 Å². The molecule has 0 saturated carbocycles. The molecule has 4 rings (SSSR count). The van der Waals surface area contributed by atoms with E-state index in [4.69, 9.17) is 0 Å². The van der Waals surface area contributed by atoms with Gasteiger partial charge in [-0.15, -0.1) is 0 Å². The second-order valence-corrected chi connectivity index (χ2v) is 10.7. The molecule has 246 valence electrons. The number of carbonyl (C=O) groups is 4. The number of alkyl halides is 6. The van der Waals surface area contributed by atoms with Crippen LogP contribution in [0, 0.1) is 13.8 Å². The van der Waals surface area contributed by atoms with Gasteiger partial charge in [0.2, 0.25) is 5.41 Å². The number of nitrogens with one attached hydrogen (secondary N) is 2. The summed E-state index contributed by atoms with van der Waals surface area (Å²) >= 11 is 0. The Bertz CT molecular complexity index is 1930. The summed E-state index contributed by atoms with van der Waals surface area (Å²) in [4.78, 5) is 50.2. The summed E-state index contributed by atoms with van der Waals surface area (Å²) in [5.41, 5.74) is -8.76. The van der Waals surface area contributed by atoms with Gasteiger partial charge in [-0.2, -0.15) is 26.3 Å². The lowest BCUT2D eigenvalue weighted by molar-refractivity contribution is -0.288. The van der Waals surface area contributed by atoms with E-state index < -0.39 is 80.3 Å². The van der Waals surface area contributed by atoms with Gasteiger partial charge in [-0.3, -0.25) is 9.59 Å². The molecule has 4 aromatic rings. The van der Waals surface area contributed by atoms with Crippen LogP contribution in [0.1, 0.15) is 70.6 Å². The number of ketones is 1. The van der Waals surface area contributed by atoms with E-state index in [1.807, 2.05) is 0 Å². The molecule has 1 amide bonds. The molecule has 0 spiro atoms. The fourth-order valence-corrected chi connectivity index (χ4v) is 5.62. The summed E-state index contributed by atoms with van der Waals surface area (Å²) in [6.45, 7) is 3.90. The molecule has 8 nitrogen and oxygen atoms in total. The SMILES string of the molecule is CNc1cc(C(c2ccc(C)c(NC(=O)c3ccc(C(C)=O)c4c(C(=O)O)ccc(C(=O)O)c34)c2)(C(F)(F)F)C(F)(F)F)ccc1C. The Morgan fingerprint density at radius 1 is 0.617 bits per heavy atom. The molecule has 0 aliphatic carbocycles. The number of carbonyl (C=O) groups excluding carboxylic acids is 2. The molecule has 47 heavy (non-hydrogen) atoms. The average molecular weight is 661 g/mol. The van der Waals surface area contributed by atoms with Gasteiger partial charge in [0, 0.05) is 40.3 Å². The highest BCUT2D eigenvalue weighted by Crippen LogP contribution is 2.57. The number of aromatic carboxylic acids is 2. The van der Waals surface area contributed by atoms with E-state index in [1.165, 1.54) is 20.9 Å². The van der Waals surface area contributed by atoms with E-state index in [1.54, 1.807) is 0 Å². The lowest BCUT2D eigenvalue weighted by Gasteiger charge is -2.39. The van der Waals surface area contributed by atoms with Crippen molar-refractivity contribution in [2.24, 2.45) is 0 Å². The maximum Gasteiger partial charge on any atom is 0.411 e.